The first kappa shape index (κ1) is 26.5. The number of rotatable bonds is 9. The number of hydrogen-bond donors (Lipinski definition) is 1. The summed E-state index contributed by atoms with van der Waals surface area (Å²) in [5.74, 6) is 3.44. The third-order valence-corrected chi connectivity index (χ3v) is 5.28. The van der Waals surface area contributed by atoms with Gasteiger partial charge >= 0.3 is 0 Å². The van der Waals surface area contributed by atoms with Crippen molar-refractivity contribution in [2.45, 2.75) is 33.5 Å². The lowest BCUT2D eigenvalue weighted by Gasteiger charge is -2.23. The Labute approximate surface area is 213 Å². The van der Waals surface area contributed by atoms with Gasteiger partial charge in [-0.05, 0) is 37.1 Å². The maximum atomic E-state index is 5.55. The van der Waals surface area contributed by atoms with Crippen molar-refractivity contribution in [2.24, 2.45) is 4.99 Å². The van der Waals surface area contributed by atoms with Gasteiger partial charge in [0.25, 0.3) is 0 Å². The summed E-state index contributed by atoms with van der Waals surface area (Å²) in [4.78, 5) is 11.3. The van der Waals surface area contributed by atoms with E-state index in [9.17, 15) is 0 Å². The van der Waals surface area contributed by atoms with Crippen molar-refractivity contribution >= 4 is 29.9 Å². The van der Waals surface area contributed by atoms with Gasteiger partial charge in [-0.25, -0.2) is 9.98 Å². The van der Waals surface area contributed by atoms with Crippen LogP contribution in [0.15, 0.2) is 59.9 Å². The van der Waals surface area contributed by atoms with Gasteiger partial charge in [-0.2, -0.15) is 0 Å². The molecule has 1 heterocycles. The second kappa shape index (κ2) is 13.1. The quantitative estimate of drug-likeness (QED) is 0.237. The number of hydrogen-bond acceptors (Lipinski definition) is 4. The number of nitrogens with one attached hydrogen (secondary N) is 1. The molecule has 0 amide bonds. The van der Waals surface area contributed by atoms with Gasteiger partial charge in [0.1, 0.15) is 17.3 Å². The number of halogens is 1. The fourth-order valence-electron chi connectivity index (χ4n) is 3.54. The zero-order valence-electron chi connectivity index (χ0n) is 20.0. The molecule has 8 heteroatoms. The average molecular weight is 563 g/mol. The largest absolute Gasteiger partial charge is 0.497 e. The molecule has 3 rings (SSSR count). The fourth-order valence-corrected chi connectivity index (χ4v) is 3.54. The maximum Gasteiger partial charge on any atom is 0.194 e. The molecule has 0 saturated carbocycles. The predicted molar refractivity (Wildman–Crippen MR) is 144 cm³/mol. The van der Waals surface area contributed by atoms with Crippen LogP contribution in [0, 0.1) is 6.92 Å². The monoisotopic (exact) mass is 563 g/mol. The lowest BCUT2D eigenvalue weighted by molar-refractivity contribution is 0.382. The summed E-state index contributed by atoms with van der Waals surface area (Å²) in [5, 5.41) is 3.39. The van der Waals surface area contributed by atoms with Crippen molar-refractivity contribution in [3.8, 4) is 11.5 Å². The van der Waals surface area contributed by atoms with Gasteiger partial charge in [-0.1, -0.05) is 24.3 Å². The molecule has 1 aromatic heterocycles. The summed E-state index contributed by atoms with van der Waals surface area (Å²) in [6.45, 7) is 6.96. The fraction of sp³-hybridized carbons (Fsp3) is 0.360. The van der Waals surface area contributed by atoms with Gasteiger partial charge in [-0.15, -0.1) is 24.0 Å². The molecular formula is C25H34IN5O2. The first-order valence-electron chi connectivity index (χ1n) is 10.8. The van der Waals surface area contributed by atoms with Crippen molar-refractivity contribution < 1.29 is 9.47 Å². The van der Waals surface area contributed by atoms with E-state index in [-0.39, 0.29) is 24.0 Å². The molecule has 7 nitrogen and oxygen atoms in total. The topological polar surface area (TPSA) is 63.9 Å². The molecule has 2 aromatic carbocycles. The molecular weight excluding hydrogens is 529 g/mol. The van der Waals surface area contributed by atoms with Crippen LogP contribution in [0.25, 0.3) is 0 Å². The molecule has 0 aliphatic rings. The second-order valence-corrected chi connectivity index (χ2v) is 7.63. The number of methoxy groups -OCH3 is 2. The third kappa shape index (κ3) is 7.38. The molecule has 0 saturated heterocycles. The average Bonchev–Trinajstić information content (AvgIpc) is 3.21. The second-order valence-electron chi connectivity index (χ2n) is 7.63. The SMILES string of the molecule is CCNC(=NCc1cccc(Cn2ccnc2C)c1)N(C)Cc1ccc(OC)cc1OC.I. The summed E-state index contributed by atoms with van der Waals surface area (Å²) in [6.07, 6.45) is 3.84. The van der Waals surface area contributed by atoms with Crippen molar-refractivity contribution in [1.82, 2.24) is 19.8 Å². The smallest absolute Gasteiger partial charge is 0.194 e. The number of aliphatic imine (C=N–C) groups is 1. The van der Waals surface area contributed by atoms with E-state index in [2.05, 4.69) is 51.0 Å². The Morgan fingerprint density at radius 3 is 2.58 bits per heavy atom. The van der Waals surface area contributed by atoms with Gasteiger partial charge in [0.2, 0.25) is 0 Å². The highest BCUT2D eigenvalue weighted by Crippen LogP contribution is 2.25. The number of aromatic nitrogens is 2. The number of imidazole rings is 1. The minimum absolute atomic E-state index is 0. The molecule has 0 radical (unpaired) electrons. The Morgan fingerprint density at radius 1 is 1.12 bits per heavy atom. The molecule has 178 valence electrons. The van der Waals surface area contributed by atoms with E-state index in [4.69, 9.17) is 14.5 Å². The maximum absolute atomic E-state index is 5.55. The molecule has 0 atom stereocenters. The lowest BCUT2D eigenvalue weighted by Crippen LogP contribution is -2.38. The van der Waals surface area contributed by atoms with Crippen LogP contribution in [0.5, 0.6) is 11.5 Å². The predicted octanol–water partition coefficient (Wildman–Crippen LogP) is 4.47. The lowest BCUT2D eigenvalue weighted by atomic mass is 10.1. The van der Waals surface area contributed by atoms with E-state index < -0.39 is 0 Å². The van der Waals surface area contributed by atoms with Crippen molar-refractivity contribution in [1.29, 1.82) is 0 Å². The normalized spacial score (nSPS) is 11.0. The van der Waals surface area contributed by atoms with Gasteiger partial charge in [0, 0.05) is 50.7 Å². The molecule has 0 unspecified atom stereocenters. The Bertz CT molecular complexity index is 1050. The van der Waals surface area contributed by atoms with Crippen LogP contribution in [-0.2, 0) is 19.6 Å². The standard InChI is InChI=1S/C25H33N5O2.HI/c1-6-26-25(29(3)18-22-10-11-23(31-4)15-24(22)32-5)28-16-20-8-7-9-21(14-20)17-30-13-12-27-19(30)2;/h7-15H,6,16-18H2,1-5H3,(H,26,28);1H. The van der Waals surface area contributed by atoms with Gasteiger partial charge in [0.15, 0.2) is 5.96 Å². The molecule has 33 heavy (non-hydrogen) atoms. The van der Waals surface area contributed by atoms with Gasteiger partial charge in [-0.3, -0.25) is 0 Å². The van der Waals surface area contributed by atoms with Crippen LogP contribution in [-0.4, -0.2) is 48.2 Å². The number of benzene rings is 2. The van der Waals surface area contributed by atoms with E-state index in [1.54, 1.807) is 14.2 Å². The molecule has 0 aliphatic heterocycles. The first-order valence-corrected chi connectivity index (χ1v) is 10.8. The third-order valence-electron chi connectivity index (χ3n) is 5.28. The zero-order valence-corrected chi connectivity index (χ0v) is 22.4. The van der Waals surface area contributed by atoms with Crippen molar-refractivity contribution in [2.75, 3.05) is 27.8 Å². The van der Waals surface area contributed by atoms with E-state index in [1.165, 1.54) is 11.1 Å². The van der Waals surface area contributed by atoms with Crippen LogP contribution in [0.1, 0.15) is 29.4 Å². The van der Waals surface area contributed by atoms with Crippen LogP contribution < -0.4 is 14.8 Å². The molecule has 0 fully saturated rings. The highest BCUT2D eigenvalue weighted by molar-refractivity contribution is 14.0. The van der Waals surface area contributed by atoms with E-state index in [0.717, 1.165) is 41.9 Å². The number of guanidine groups is 1. The summed E-state index contributed by atoms with van der Waals surface area (Å²) in [5.41, 5.74) is 3.48. The molecule has 0 aliphatic carbocycles. The summed E-state index contributed by atoms with van der Waals surface area (Å²) in [7, 11) is 5.36. The molecule has 3 aromatic rings. The van der Waals surface area contributed by atoms with Crippen LogP contribution in [0.2, 0.25) is 0 Å². The minimum atomic E-state index is 0. The summed E-state index contributed by atoms with van der Waals surface area (Å²) in [6, 6.07) is 14.4. The Morgan fingerprint density at radius 2 is 1.91 bits per heavy atom. The van der Waals surface area contributed by atoms with Gasteiger partial charge in [0.05, 0.1) is 20.8 Å². The zero-order chi connectivity index (χ0) is 22.9. The minimum Gasteiger partial charge on any atom is -0.497 e. The van der Waals surface area contributed by atoms with Crippen molar-refractivity contribution in [3.63, 3.8) is 0 Å². The van der Waals surface area contributed by atoms with Crippen LogP contribution >= 0.6 is 24.0 Å². The number of aryl methyl sites for hydroxylation is 1. The van der Waals surface area contributed by atoms with Crippen LogP contribution in [0.4, 0.5) is 0 Å². The Kier molecular flexibility index (Phi) is 10.5. The summed E-state index contributed by atoms with van der Waals surface area (Å²) >= 11 is 0. The van der Waals surface area contributed by atoms with E-state index >= 15 is 0 Å². The highest BCUT2D eigenvalue weighted by atomic mass is 127. The summed E-state index contributed by atoms with van der Waals surface area (Å²) < 4.78 is 13.0. The number of ether oxygens (including phenoxy) is 2. The molecule has 1 N–H and O–H groups in total. The molecule has 0 spiro atoms. The van der Waals surface area contributed by atoms with Crippen molar-refractivity contribution in [3.05, 3.63) is 77.4 Å². The first-order chi connectivity index (χ1) is 15.5. The Balaban J connectivity index is 0.00000385. The van der Waals surface area contributed by atoms with Gasteiger partial charge < -0.3 is 24.3 Å². The van der Waals surface area contributed by atoms with E-state index in [1.807, 2.05) is 44.6 Å². The number of nitrogens with zero attached hydrogens (tertiary/aromatic N) is 4. The van der Waals surface area contributed by atoms with Crippen LogP contribution in [0.3, 0.4) is 0 Å². The highest BCUT2D eigenvalue weighted by Gasteiger charge is 2.11. The Hall–Kier alpha value is -2.75. The van der Waals surface area contributed by atoms with E-state index in [0.29, 0.717) is 13.1 Å². The molecule has 0 bridgehead atoms.